The number of nitrogens with zero attached hydrogens (tertiary/aromatic N) is 1. The Labute approximate surface area is 152 Å². The van der Waals surface area contributed by atoms with Gasteiger partial charge in [0.25, 0.3) is 0 Å². The molecule has 0 saturated carbocycles. The lowest BCUT2D eigenvalue weighted by molar-refractivity contribution is -0.137. The molecule has 0 aliphatic carbocycles. The monoisotopic (exact) mass is 380 g/mol. The number of carbonyl (C=O) groups is 2. The number of rotatable bonds is 3. The van der Waals surface area contributed by atoms with E-state index in [4.69, 9.17) is 0 Å². The number of alkyl halides is 3. The Morgan fingerprint density at radius 1 is 1.15 bits per heavy atom. The molecule has 2 aromatic carbocycles. The average Bonchev–Trinajstić information content (AvgIpc) is 2.89. The highest BCUT2D eigenvalue weighted by Crippen LogP contribution is 2.36. The molecule has 2 amide bonds. The Balaban J connectivity index is 2.01. The normalized spacial score (nSPS) is 20.0. The van der Waals surface area contributed by atoms with Gasteiger partial charge in [-0.25, -0.2) is 4.39 Å². The average molecular weight is 380 g/mol. The number of hydrogen-bond donors (Lipinski definition) is 1. The lowest BCUT2D eigenvalue weighted by Crippen LogP contribution is -2.38. The van der Waals surface area contributed by atoms with E-state index in [1.54, 1.807) is 0 Å². The van der Waals surface area contributed by atoms with Crippen LogP contribution in [0.1, 0.15) is 24.0 Å². The van der Waals surface area contributed by atoms with E-state index in [0.717, 1.165) is 18.2 Å². The van der Waals surface area contributed by atoms with Gasteiger partial charge in [-0.1, -0.05) is 24.3 Å². The second kappa shape index (κ2) is 7.02. The van der Waals surface area contributed by atoms with Gasteiger partial charge in [0.1, 0.15) is 5.82 Å². The largest absolute Gasteiger partial charge is 0.416 e. The van der Waals surface area contributed by atoms with E-state index in [9.17, 15) is 27.2 Å². The van der Waals surface area contributed by atoms with Gasteiger partial charge in [-0.15, -0.1) is 0 Å². The van der Waals surface area contributed by atoms with Gasteiger partial charge in [-0.2, -0.15) is 13.2 Å². The Kier molecular flexibility index (Phi) is 4.91. The third-order valence-corrected chi connectivity index (χ3v) is 4.40. The number of benzene rings is 2. The molecule has 1 fully saturated rings. The van der Waals surface area contributed by atoms with Crippen LogP contribution in [-0.4, -0.2) is 24.4 Å². The molecule has 1 N–H and O–H groups in total. The molecule has 3 rings (SSSR count). The maximum atomic E-state index is 13.5. The number of amides is 2. The summed E-state index contributed by atoms with van der Waals surface area (Å²) >= 11 is 0. The van der Waals surface area contributed by atoms with Crippen molar-refractivity contribution in [2.24, 2.45) is 0 Å². The van der Waals surface area contributed by atoms with Crippen LogP contribution in [0.5, 0.6) is 0 Å². The molecule has 1 saturated heterocycles. The van der Waals surface area contributed by atoms with Crippen LogP contribution in [0.25, 0.3) is 0 Å². The van der Waals surface area contributed by atoms with Crippen LogP contribution in [0.2, 0.25) is 0 Å². The van der Waals surface area contributed by atoms with Crippen molar-refractivity contribution in [3.8, 4) is 0 Å². The molecule has 27 heavy (non-hydrogen) atoms. The molecule has 0 radical (unpaired) electrons. The van der Waals surface area contributed by atoms with Crippen molar-refractivity contribution < 1.29 is 27.2 Å². The first-order valence-electron chi connectivity index (χ1n) is 8.18. The van der Waals surface area contributed by atoms with Crippen molar-refractivity contribution in [2.75, 3.05) is 11.4 Å². The highest BCUT2D eigenvalue weighted by Gasteiger charge is 2.43. The Bertz CT molecular complexity index is 882. The summed E-state index contributed by atoms with van der Waals surface area (Å²) in [5, 5.41) is 2.62. The zero-order chi connectivity index (χ0) is 19.8. The fourth-order valence-corrected chi connectivity index (χ4v) is 3.28. The zero-order valence-corrected chi connectivity index (χ0v) is 14.3. The first kappa shape index (κ1) is 18.9. The maximum absolute atomic E-state index is 13.5. The van der Waals surface area contributed by atoms with Gasteiger partial charge in [-0.3, -0.25) is 9.59 Å². The van der Waals surface area contributed by atoms with E-state index in [2.05, 4.69) is 5.32 Å². The molecule has 8 heteroatoms. The summed E-state index contributed by atoms with van der Waals surface area (Å²) < 4.78 is 52.6. The zero-order valence-electron chi connectivity index (χ0n) is 14.3. The molecule has 1 aliphatic heterocycles. The van der Waals surface area contributed by atoms with E-state index >= 15 is 0 Å². The van der Waals surface area contributed by atoms with Crippen LogP contribution in [-0.2, 0) is 15.8 Å². The fraction of sp³-hybridized carbons (Fsp3) is 0.263. The molecule has 2 aromatic rings. The third kappa shape index (κ3) is 3.94. The summed E-state index contributed by atoms with van der Waals surface area (Å²) in [6.07, 6.45) is -4.55. The van der Waals surface area contributed by atoms with E-state index in [-0.39, 0.29) is 17.8 Å². The minimum absolute atomic E-state index is 0.0305. The van der Waals surface area contributed by atoms with Gasteiger partial charge in [-0.05, 0) is 29.8 Å². The predicted molar refractivity (Wildman–Crippen MR) is 90.5 cm³/mol. The van der Waals surface area contributed by atoms with Crippen LogP contribution in [0, 0.1) is 5.82 Å². The molecular weight excluding hydrogens is 364 g/mol. The van der Waals surface area contributed by atoms with E-state index in [1.165, 1.54) is 42.2 Å². The number of hydrogen-bond acceptors (Lipinski definition) is 2. The number of nitrogens with one attached hydrogen (secondary N) is 1. The second-order valence-corrected chi connectivity index (χ2v) is 6.34. The van der Waals surface area contributed by atoms with Crippen LogP contribution in [0.4, 0.5) is 23.2 Å². The standard InChI is InChI=1S/C19H16F4N2O2/c1-11(26)24-16-10-25(15-7-3-6-14(20)9-15)18(27)17(16)12-4-2-5-13(8-12)19(21,22)23/h2-9,16-17H,10H2,1H3,(H,24,26). The van der Waals surface area contributed by atoms with E-state index in [0.29, 0.717) is 0 Å². The highest BCUT2D eigenvalue weighted by atomic mass is 19.4. The van der Waals surface area contributed by atoms with Crippen LogP contribution < -0.4 is 10.2 Å². The number of halogens is 4. The lowest BCUT2D eigenvalue weighted by atomic mass is 9.92. The van der Waals surface area contributed by atoms with Gasteiger partial charge in [0.15, 0.2) is 0 Å². The summed E-state index contributed by atoms with van der Waals surface area (Å²) in [6.45, 7) is 1.29. The number of carbonyl (C=O) groups excluding carboxylic acids is 2. The third-order valence-electron chi connectivity index (χ3n) is 4.40. The molecule has 2 atom stereocenters. The van der Waals surface area contributed by atoms with Crippen molar-refractivity contribution in [2.45, 2.75) is 25.1 Å². The molecule has 0 aromatic heterocycles. The fourth-order valence-electron chi connectivity index (χ4n) is 3.28. The van der Waals surface area contributed by atoms with Crippen molar-refractivity contribution in [1.82, 2.24) is 5.32 Å². The molecule has 4 nitrogen and oxygen atoms in total. The summed E-state index contributed by atoms with van der Waals surface area (Å²) in [7, 11) is 0. The van der Waals surface area contributed by atoms with Crippen LogP contribution in [0.15, 0.2) is 48.5 Å². The van der Waals surface area contributed by atoms with E-state index in [1.807, 2.05) is 0 Å². The molecular formula is C19H16F4N2O2. The highest BCUT2D eigenvalue weighted by molar-refractivity contribution is 6.02. The Morgan fingerprint density at radius 3 is 2.48 bits per heavy atom. The smallest absolute Gasteiger partial charge is 0.351 e. The summed E-state index contributed by atoms with van der Waals surface area (Å²) in [5.41, 5.74) is -0.448. The van der Waals surface area contributed by atoms with Crippen molar-refractivity contribution in [1.29, 1.82) is 0 Å². The minimum atomic E-state index is -4.55. The van der Waals surface area contributed by atoms with Crippen LogP contribution >= 0.6 is 0 Å². The van der Waals surface area contributed by atoms with Crippen molar-refractivity contribution in [3.63, 3.8) is 0 Å². The number of anilines is 1. The predicted octanol–water partition coefficient (Wildman–Crippen LogP) is 3.48. The molecule has 142 valence electrons. The van der Waals surface area contributed by atoms with Crippen molar-refractivity contribution in [3.05, 3.63) is 65.5 Å². The second-order valence-electron chi connectivity index (χ2n) is 6.34. The first-order chi connectivity index (χ1) is 12.7. The summed E-state index contributed by atoms with van der Waals surface area (Å²) in [4.78, 5) is 25.7. The van der Waals surface area contributed by atoms with Gasteiger partial charge in [0.05, 0.1) is 17.5 Å². The lowest BCUT2D eigenvalue weighted by Gasteiger charge is -2.18. The van der Waals surface area contributed by atoms with Gasteiger partial charge < -0.3 is 10.2 Å². The maximum Gasteiger partial charge on any atom is 0.416 e. The molecule has 2 unspecified atom stereocenters. The van der Waals surface area contributed by atoms with Crippen molar-refractivity contribution >= 4 is 17.5 Å². The van der Waals surface area contributed by atoms with Gasteiger partial charge in [0, 0.05) is 19.2 Å². The summed E-state index contributed by atoms with van der Waals surface area (Å²) in [6, 6.07) is 9.08. The van der Waals surface area contributed by atoms with Crippen LogP contribution in [0.3, 0.4) is 0 Å². The molecule has 1 heterocycles. The molecule has 0 bridgehead atoms. The quantitative estimate of drug-likeness (QED) is 0.829. The minimum Gasteiger partial charge on any atom is -0.351 e. The van der Waals surface area contributed by atoms with Gasteiger partial charge >= 0.3 is 6.18 Å². The SMILES string of the molecule is CC(=O)NC1CN(c2cccc(F)c2)C(=O)C1c1cccc(C(F)(F)F)c1. The topological polar surface area (TPSA) is 49.4 Å². The van der Waals surface area contributed by atoms with Gasteiger partial charge in [0.2, 0.25) is 11.8 Å². The summed E-state index contributed by atoms with van der Waals surface area (Å²) in [5.74, 6) is -2.46. The first-order valence-corrected chi connectivity index (χ1v) is 8.18. The Hall–Kier alpha value is -2.90. The molecule has 1 aliphatic rings. The molecule has 0 spiro atoms. The van der Waals surface area contributed by atoms with E-state index < -0.39 is 41.3 Å². The Morgan fingerprint density at radius 2 is 1.85 bits per heavy atom.